The maximum absolute atomic E-state index is 8.60. The van der Waals surface area contributed by atoms with Crippen LogP contribution in [0.5, 0.6) is 0 Å². The van der Waals surface area contributed by atoms with Crippen LogP contribution in [0.4, 0.5) is 0 Å². The lowest BCUT2D eigenvalue weighted by atomic mass is 10.2. The van der Waals surface area contributed by atoms with Crippen LogP contribution in [0.1, 0.15) is 17.0 Å². The molecule has 0 radical (unpaired) electrons. The van der Waals surface area contributed by atoms with Crippen molar-refractivity contribution < 1.29 is 0 Å². The second kappa shape index (κ2) is 5.44. The molecule has 0 aliphatic heterocycles. The summed E-state index contributed by atoms with van der Waals surface area (Å²) in [5.41, 5.74) is 2.17. The van der Waals surface area contributed by atoms with E-state index in [0.29, 0.717) is 6.42 Å². The molecule has 0 bridgehead atoms. The lowest BCUT2D eigenvalue weighted by Gasteiger charge is -1.95. The monoisotopic (exact) mass is 306 g/mol. The number of thiazole rings is 1. The molecule has 0 amide bonds. The van der Waals surface area contributed by atoms with Gasteiger partial charge < -0.3 is 0 Å². The zero-order chi connectivity index (χ0) is 12.3. The largest absolute Gasteiger partial charge is 0.241 e. The molecule has 2 aromatic rings. The van der Waals surface area contributed by atoms with E-state index in [1.54, 1.807) is 11.3 Å². The third kappa shape index (κ3) is 2.93. The van der Waals surface area contributed by atoms with Gasteiger partial charge in [-0.25, -0.2) is 4.98 Å². The fourth-order valence-electron chi connectivity index (χ4n) is 1.55. The molecule has 0 unspecified atom stereocenters. The van der Waals surface area contributed by atoms with E-state index in [9.17, 15) is 0 Å². The highest BCUT2D eigenvalue weighted by molar-refractivity contribution is 9.10. The summed E-state index contributed by atoms with van der Waals surface area (Å²) < 4.78 is 1.07. The van der Waals surface area contributed by atoms with Crippen molar-refractivity contribution in [3.8, 4) is 16.6 Å². The topological polar surface area (TPSA) is 36.7 Å². The number of aryl methyl sites for hydroxylation is 2. The summed E-state index contributed by atoms with van der Waals surface area (Å²) in [6.45, 7) is 2.01. The van der Waals surface area contributed by atoms with Gasteiger partial charge in [0.15, 0.2) is 0 Å². The van der Waals surface area contributed by atoms with Crippen molar-refractivity contribution in [1.82, 2.24) is 4.98 Å². The number of hydrogen-bond acceptors (Lipinski definition) is 3. The minimum atomic E-state index is 0.558. The first-order valence-corrected chi connectivity index (χ1v) is 6.91. The van der Waals surface area contributed by atoms with Gasteiger partial charge in [0.1, 0.15) is 5.01 Å². The quantitative estimate of drug-likeness (QED) is 0.846. The van der Waals surface area contributed by atoms with Gasteiger partial charge in [0.05, 0.1) is 11.8 Å². The standard InChI is InChI=1S/C13H11BrN2S/c1-9-12(3-2-8-15)17-13(16-9)10-4-6-11(14)7-5-10/h4-7H,2-3H2,1H3. The number of aromatic nitrogens is 1. The highest BCUT2D eigenvalue weighted by atomic mass is 79.9. The van der Waals surface area contributed by atoms with Crippen LogP contribution in [0.2, 0.25) is 0 Å². The Morgan fingerprint density at radius 2 is 2.06 bits per heavy atom. The lowest BCUT2D eigenvalue weighted by Crippen LogP contribution is -1.82. The zero-order valence-corrected chi connectivity index (χ0v) is 11.8. The van der Waals surface area contributed by atoms with Gasteiger partial charge in [-0.15, -0.1) is 11.3 Å². The van der Waals surface area contributed by atoms with Crippen molar-refractivity contribution in [2.45, 2.75) is 19.8 Å². The highest BCUT2D eigenvalue weighted by Gasteiger charge is 2.08. The van der Waals surface area contributed by atoms with Crippen molar-refractivity contribution in [2.75, 3.05) is 0 Å². The van der Waals surface area contributed by atoms with Crippen LogP contribution in [0.15, 0.2) is 28.7 Å². The lowest BCUT2D eigenvalue weighted by molar-refractivity contribution is 1.01. The van der Waals surface area contributed by atoms with Gasteiger partial charge in [0.25, 0.3) is 0 Å². The molecule has 1 heterocycles. The van der Waals surface area contributed by atoms with E-state index in [0.717, 1.165) is 27.2 Å². The molecule has 17 heavy (non-hydrogen) atoms. The SMILES string of the molecule is Cc1nc(-c2ccc(Br)cc2)sc1CCC#N. The van der Waals surface area contributed by atoms with Crippen molar-refractivity contribution in [3.05, 3.63) is 39.3 Å². The van der Waals surface area contributed by atoms with Crippen LogP contribution in [0.3, 0.4) is 0 Å². The summed E-state index contributed by atoms with van der Waals surface area (Å²) in [6, 6.07) is 10.3. The Kier molecular flexibility index (Phi) is 3.93. The second-order valence-corrected chi connectivity index (χ2v) is 5.69. The van der Waals surface area contributed by atoms with E-state index in [1.165, 1.54) is 4.88 Å². The van der Waals surface area contributed by atoms with Gasteiger partial charge in [-0.2, -0.15) is 5.26 Å². The number of nitrogens with zero attached hydrogens (tertiary/aromatic N) is 2. The molecule has 2 nitrogen and oxygen atoms in total. The summed E-state index contributed by atoms with van der Waals surface area (Å²) >= 11 is 5.10. The minimum Gasteiger partial charge on any atom is -0.241 e. The molecule has 0 atom stereocenters. The fraction of sp³-hybridized carbons (Fsp3) is 0.231. The van der Waals surface area contributed by atoms with E-state index in [4.69, 9.17) is 5.26 Å². The van der Waals surface area contributed by atoms with Crippen LogP contribution in [-0.2, 0) is 6.42 Å². The minimum absolute atomic E-state index is 0.558. The van der Waals surface area contributed by atoms with Crippen LogP contribution in [0, 0.1) is 18.3 Å². The Balaban J connectivity index is 2.28. The van der Waals surface area contributed by atoms with Crippen molar-refractivity contribution in [1.29, 1.82) is 5.26 Å². The van der Waals surface area contributed by atoms with E-state index >= 15 is 0 Å². The first kappa shape index (κ1) is 12.3. The van der Waals surface area contributed by atoms with E-state index in [-0.39, 0.29) is 0 Å². The summed E-state index contributed by atoms with van der Waals surface area (Å²) in [5, 5.41) is 9.63. The third-order valence-electron chi connectivity index (χ3n) is 2.45. The number of halogens is 1. The van der Waals surface area contributed by atoms with Gasteiger partial charge in [0, 0.05) is 21.3 Å². The molecule has 0 aliphatic rings. The van der Waals surface area contributed by atoms with Gasteiger partial charge in [0.2, 0.25) is 0 Å². The van der Waals surface area contributed by atoms with Gasteiger partial charge in [-0.1, -0.05) is 28.1 Å². The molecule has 1 aromatic carbocycles. The smallest absolute Gasteiger partial charge is 0.123 e. The summed E-state index contributed by atoms with van der Waals surface area (Å²) in [5.74, 6) is 0. The van der Waals surface area contributed by atoms with Crippen molar-refractivity contribution in [3.63, 3.8) is 0 Å². The van der Waals surface area contributed by atoms with Gasteiger partial charge in [-0.05, 0) is 25.5 Å². The average Bonchev–Trinajstić information content (AvgIpc) is 2.69. The summed E-state index contributed by atoms with van der Waals surface area (Å²) in [6.07, 6.45) is 1.36. The third-order valence-corrected chi connectivity index (χ3v) is 4.24. The van der Waals surface area contributed by atoms with E-state index < -0.39 is 0 Å². The highest BCUT2D eigenvalue weighted by Crippen LogP contribution is 2.29. The Labute approximate surface area is 113 Å². The molecule has 0 N–H and O–H groups in total. The Morgan fingerprint density at radius 3 is 2.71 bits per heavy atom. The maximum atomic E-state index is 8.60. The van der Waals surface area contributed by atoms with Crippen molar-refractivity contribution in [2.24, 2.45) is 0 Å². The van der Waals surface area contributed by atoms with Crippen LogP contribution >= 0.6 is 27.3 Å². The predicted molar refractivity (Wildman–Crippen MR) is 73.9 cm³/mol. The number of nitriles is 1. The Bertz CT molecular complexity index is 552. The average molecular weight is 307 g/mol. The molecule has 86 valence electrons. The first-order chi connectivity index (χ1) is 8.20. The van der Waals surface area contributed by atoms with Crippen LogP contribution in [0.25, 0.3) is 10.6 Å². The number of hydrogen-bond donors (Lipinski definition) is 0. The Morgan fingerprint density at radius 1 is 1.35 bits per heavy atom. The molecular weight excluding hydrogens is 296 g/mol. The van der Waals surface area contributed by atoms with E-state index in [2.05, 4.69) is 39.1 Å². The van der Waals surface area contributed by atoms with Crippen LogP contribution in [-0.4, -0.2) is 4.98 Å². The van der Waals surface area contributed by atoms with Gasteiger partial charge >= 0.3 is 0 Å². The first-order valence-electron chi connectivity index (χ1n) is 5.30. The molecular formula is C13H11BrN2S. The molecule has 0 saturated carbocycles. The molecule has 0 spiro atoms. The molecule has 1 aromatic heterocycles. The molecule has 0 saturated heterocycles. The Hall–Kier alpha value is -1.18. The molecule has 2 rings (SSSR count). The second-order valence-electron chi connectivity index (χ2n) is 3.69. The molecule has 4 heteroatoms. The predicted octanol–water partition coefficient (Wildman–Crippen LogP) is 4.34. The summed E-state index contributed by atoms with van der Waals surface area (Å²) in [4.78, 5) is 5.77. The molecule has 0 fully saturated rings. The number of benzene rings is 1. The summed E-state index contributed by atoms with van der Waals surface area (Å²) in [7, 11) is 0. The zero-order valence-electron chi connectivity index (χ0n) is 9.40. The normalized spacial score (nSPS) is 10.2. The van der Waals surface area contributed by atoms with Gasteiger partial charge in [-0.3, -0.25) is 0 Å². The van der Waals surface area contributed by atoms with Crippen molar-refractivity contribution >= 4 is 27.3 Å². The van der Waals surface area contributed by atoms with E-state index in [1.807, 2.05) is 19.1 Å². The molecule has 0 aliphatic carbocycles. The fourth-order valence-corrected chi connectivity index (χ4v) is 2.88. The number of rotatable bonds is 3. The maximum Gasteiger partial charge on any atom is 0.123 e. The van der Waals surface area contributed by atoms with Crippen LogP contribution < -0.4 is 0 Å².